The Morgan fingerprint density at radius 3 is 2.50 bits per heavy atom. The molecule has 0 bridgehead atoms. The second kappa shape index (κ2) is 7.07. The Morgan fingerprint density at radius 2 is 1.82 bits per heavy atom. The molecule has 2 aromatic carbocycles. The summed E-state index contributed by atoms with van der Waals surface area (Å²) in [5.41, 5.74) is 1.29. The van der Waals surface area contributed by atoms with Crippen LogP contribution in [0.5, 0.6) is 5.75 Å². The third-order valence-electron chi connectivity index (χ3n) is 3.34. The van der Waals surface area contributed by atoms with E-state index in [-0.39, 0.29) is 11.6 Å². The molecule has 1 amide bonds. The molecule has 0 aromatic heterocycles. The van der Waals surface area contributed by atoms with Crippen molar-refractivity contribution in [2.75, 3.05) is 5.32 Å². The van der Waals surface area contributed by atoms with Crippen LogP contribution in [0.3, 0.4) is 0 Å². The zero-order valence-electron chi connectivity index (χ0n) is 13.0. The highest BCUT2D eigenvalue weighted by Crippen LogP contribution is 2.21. The predicted molar refractivity (Wildman–Crippen MR) is 85.7 cm³/mol. The molecule has 0 radical (unpaired) electrons. The molecule has 1 N–H and O–H groups in total. The first-order valence-corrected chi connectivity index (χ1v) is 7.29. The maximum atomic E-state index is 13.5. The fraction of sp³-hybridized carbons (Fsp3) is 0.278. The maximum absolute atomic E-state index is 13.5. The fourth-order valence-corrected chi connectivity index (χ4v) is 2.00. The predicted octanol–water partition coefficient (Wildman–Crippen LogP) is 4.36. The van der Waals surface area contributed by atoms with E-state index in [1.807, 2.05) is 18.2 Å². The van der Waals surface area contributed by atoms with Crippen molar-refractivity contribution in [2.45, 2.75) is 32.8 Å². The van der Waals surface area contributed by atoms with E-state index in [0.29, 0.717) is 11.7 Å². The van der Waals surface area contributed by atoms with Gasteiger partial charge in [0.1, 0.15) is 11.6 Å². The lowest BCUT2D eigenvalue weighted by molar-refractivity contribution is -0.122. The number of amides is 1. The van der Waals surface area contributed by atoms with E-state index in [9.17, 15) is 9.18 Å². The van der Waals surface area contributed by atoms with Crippen molar-refractivity contribution in [1.29, 1.82) is 0 Å². The Hall–Kier alpha value is -2.36. The zero-order valence-corrected chi connectivity index (χ0v) is 13.0. The van der Waals surface area contributed by atoms with Gasteiger partial charge >= 0.3 is 0 Å². The summed E-state index contributed by atoms with van der Waals surface area (Å²) < 4.78 is 19.2. The average Bonchev–Trinajstić information content (AvgIpc) is 2.49. The highest BCUT2D eigenvalue weighted by molar-refractivity contribution is 5.94. The number of benzene rings is 2. The quantitative estimate of drug-likeness (QED) is 0.891. The molecule has 116 valence electrons. The van der Waals surface area contributed by atoms with Crippen LogP contribution in [0.2, 0.25) is 0 Å². The molecule has 0 aliphatic rings. The van der Waals surface area contributed by atoms with E-state index < -0.39 is 11.9 Å². The van der Waals surface area contributed by atoms with Crippen LogP contribution in [-0.4, -0.2) is 12.0 Å². The van der Waals surface area contributed by atoms with Gasteiger partial charge in [-0.05, 0) is 42.7 Å². The Kier molecular flexibility index (Phi) is 5.15. The molecule has 0 aliphatic heterocycles. The van der Waals surface area contributed by atoms with Crippen molar-refractivity contribution < 1.29 is 13.9 Å². The molecule has 0 saturated heterocycles. The number of carbonyl (C=O) groups is 1. The molecule has 0 aliphatic carbocycles. The van der Waals surface area contributed by atoms with Crippen LogP contribution in [0, 0.1) is 5.82 Å². The van der Waals surface area contributed by atoms with Gasteiger partial charge in [0, 0.05) is 0 Å². The summed E-state index contributed by atoms with van der Waals surface area (Å²) >= 11 is 0. The number of anilines is 1. The van der Waals surface area contributed by atoms with E-state index in [0.717, 1.165) is 5.56 Å². The van der Waals surface area contributed by atoms with E-state index in [2.05, 4.69) is 19.2 Å². The molecule has 2 aromatic rings. The number of hydrogen-bond acceptors (Lipinski definition) is 2. The molecule has 4 heteroatoms. The molecule has 0 saturated carbocycles. The third-order valence-corrected chi connectivity index (χ3v) is 3.34. The van der Waals surface area contributed by atoms with Crippen molar-refractivity contribution in [3.63, 3.8) is 0 Å². The van der Waals surface area contributed by atoms with Crippen LogP contribution < -0.4 is 10.1 Å². The Bertz CT molecular complexity index is 655. The molecule has 1 atom stereocenters. The summed E-state index contributed by atoms with van der Waals surface area (Å²) in [7, 11) is 0. The second-order valence-electron chi connectivity index (χ2n) is 5.46. The minimum atomic E-state index is -0.720. The molecule has 0 fully saturated rings. The highest BCUT2D eigenvalue weighted by atomic mass is 19.1. The van der Waals surface area contributed by atoms with Crippen molar-refractivity contribution >= 4 is 11.6 Å². The normalized spacial score (nSPS) is 12.0. The summed E-state index contributed by atoms with van der Waals surface area (Å²) in [4.78, 5) is 12.1. The molecular formula is C18H20FNO2. The van der Waals surface area contributed by atoms with Crippen LogP contribution in [0.1, 0.15) is 32.3 Å². The van der Waals surface area contributed by atoms with Crippen LogP contribution in [0.4, 0.5) is 10.1 Å². The Labute approximate surface area is 130 Å². The summed E-state index contributed by atoms with van der Waals surface area (Å²) in [5.74, 6) is 0.151. The largest absolute Gasteiger partial charge is 0.481 e. The average molecular weight is 301 g/mol. The number of ether oxygens (including phenoxy) is 1. The van der Waals surface area contributed by atoms with Crippen LogP contribution in [0.25, 0.3) is 0 Å². The molecule has 3 nitrogen and oxygen atoms in total. The van der Waals surface area contributed by atoms with Crippen molar-refractivity contribution in [3.8, 4) is 5.75 Å². The number of hydrogen-bond donors (Lipinski definition) is 1. The topological polar surface area (TPSA) is 38.3 Å². The molecule has 1 unspecified atom stereocenters. The first-order valence-electron chi connectivity index (χ1n) is 7.29. The highest BCUT2D eigenvalue weighted by Gasteiger charge is 2.16. The van der Waals surface area contributed by atoms with E-state index in [1.165, 1.54) is 12.1 Å². The number of rotatable bonds is 5. The molecule has 22 heavy (non-hydrogen) atoms. The monoisotopic (exact) mass is 301 g/mol. The lowest BCUT2D eigenvalue weighted by Gasteiger charge is -2.16. The zero-order chi connectivity index (χ0) is 16.1. The van der Waals surface area contributed by atoms with Gasteiger partial charge in [0.15, 0.2) is 6.10 Å². The van der Waals surface area contributed by atoms with Gasteiger partial charge in [0.25, 0.3) is 5.91 Å². The van der Waals surface area contributed by atoms with Gasteiger partial charge in [-0.1, -0.05) is 38.1 Å². The number of halogens is 1. The van der Waals surface area contributed by atoms with E-state index in [1.54, 1.807) is 25.1 Å². The summed E-state index contributed by atoms with van der Waals surface area (Å²) in [6.07, 6.45) is -0.720. The molecule has 0 heterocycles. The minimum absolute atomic E-state index is 0.152. The van der Waals surface area contributed by atoms with Crippen LogP contribution >= 0.6 is 0 Å². The third kappa shape index (κ3) is 4.07. The van der Waals surface area contributed by atoms with Crippen LogP contribution in [-0.2, 0) is 4.79 Å². The van der Waals surface area contributed by atoms with Gasteiger partial charge in [0.2, 0.25) is 0 Å². The fourth-order valence-electron chi connectivity index (χ4n) is 2.00. The minimum Gasteiger partial charge on any atom is -0.481 e. The van der Waals surface area contributed by atoms with Gasteiger partial charge < -0.3 is 10.1 Å². The molecular weight excluding hydrogens is 281 g/mol. The first kappa shape index (κ1) is 16.0. The first-order chi connectivity index (χ1) is 10.5. The second-order valence-corrected chi connectivity index (χ2v) is 5.46. The number of nitrogens with one attached hydrogen (secondary N) is 1. The lowest BCUT2D eigenvalue weighted by atomic mass is 10.0. The smallest absolute Gasteiger partial charge is 0.265 e. The number of carbonyl (C=O) groups excluding carboxylic acids is 1. The van der Waals surface area contributed by atoms with E-state index >= 15 is 0 Å². The summed E-state index contributed by atoms with van der Waals surface area (Å²) in [6.45, 7) is 5.82. The van der Waals surface area contributed by atoms with Gasteiger partial charge in [-0.15, -0.1) is 0 Å². The van der Waals surface area contributed by atoms with Gasteiger partial charge in [-0.2, -0.15) is 0 Å². The van der Waals surface area contributed by atoms with Crippen molar-refractivity contribution in [3.05, 3.63) is 59.9 Å². The van der Waals surface area contributed by atoms with Crippen molar-refractivity contribution in [2.24, 2.45) is 0 Å². The summed E-state index contributed by atoms with van der Waals surface area (Å²) in [5, 5.41) is 2.53. The van der Waals surface area contributed by atoms with Crippen LogP contribution in [0.15, 0.2) is 48.5 Å². The van der Waals surface area contributed by atoms with Crippen molar-refractivity contribution in [1.82, 2.24) is 0 Å². The number of para-hydroxylation sites is 1. The summed E-state index contributed by atoms with van der Waals surface area (Å²) in [6, 6.07) is 13.7. The van der Waals surface area contributed by atoms with Gasteiger partial charge in [-0.3, -0.25) is 4.79 Å². The Morgan fingerprint density at radius 1 is 1.09 bits per heavy atom. The Balaban J connectivity index is 2.02. The standard InChI is InChI=1S/C18H20FNO2/c1-12(2)14-7-6-8-15(11-14)22-13(3)18(21)20-17-10-5-4-9-16(17)19/h4-13H,1-3H3,(H,20,21). The van der Waals surface area contributed by atoms with Gasteiger partial charge in [-0.25, -0.2) is 4.39 Å². The van der Waals surface area contributed by atoms with E-state index in [4.69, 9.17) is 4.74 Å². The van der Waals surface area contributed by atoms with Gasteiger partial charge in [0.05, 0.1) is 5.69 Å². The maximum Gasteiger partial charge on any atom is 0.265 e. The molecule has 0 spiro atoms. The SMILES string of the molecule is CC(Oc1cccc(C(C)C)c1)C(=O)Nc1ccccc1F. The lowest BCUT2D eigenvalue weighted by Crippen LogP contribution is -2.30. The molecule has 2 rings (SSSR count).